The maximum Gasteiger partial charge on any atom is 0.326 e. The van der Waals surface area contributed by atoms with Gasteiger partial charge in [-0.1, -0.05) is 20.3 Å². The molecule has 1 fully saturated rings. The molecular formula is C15H30N2O2. The zero-order valence-corrected chi connectivity index (χ0v) is 13.0. The lowest BCUT2D eigenvalue weighted by atomic mass is 9.84. The van der Waals surface area contributed by atoms with E-state index in [-0.39, 0.29) is 5.97 Å². The average molecular weight is 270 g/mol. The zero-order valence-electron chi connectivity index (χ0n) is 13.0. The summed E-state index contributed by atoms with van der Waals surface area (Å²) in [5.74, 6) is 0.344. The minimum Gasteiger partial charge on any atom is -0.465 e. The normalized spacial score (nSPS) is 26.9. The molecule has 1 aliphatic carbocycles. The van der Waals surface area contributed by atoms with Crippen molar-refractivity contribution in [2.45, 2.75) is 52.0 Å². The van der Waals surface area contributed by atoms with Crippen molar-refractivity contribution in [2.24, 2.45) is 5.92 Å². The second kappa shape index (κ2) is 7.85. The molecule has 0 aromatic rings. The summed E-state index contributed by atoms with van der Waals surface area (Å²) in [6.07, 6.45) is 4.22. The van der Waals surface area contributed by atoms with Crippen LogP contribution in [0.2, 0.25) is 0 Å². The Morgan fingerprint density at radius 2 is 2.05 bits per heavy atom. The number of ether oxygens (including phenoxy) is 1. The van der Waals surface area contributed by atoms with Crippen LogP contribution in [-0.4, -0.2) is 49.7 Å². The van der Waals surface area contributed by atoms with Crippen molar-refractivity contribution in [2.75, 3.05) is 33.3 Å². The van der Waals surface area contributed by atoms with Gasteiger partial charge in [0, 0.05) is 0 Å². The monoisotopic (exact) mass is 270 g/mol. The van der Waals surface area contributed by atoms with Gasteiger partial charge in [0.25, 0.3) is 0 Å². The molecule has 0 amide bonds. The number of nitrogens with one attached hydrogen (secondary N) is 1. The van der Waals surface area contributed by atoms with E-state index in [1.54, 1.807) is 0 Å². The fraction of sp³-hybridized carbons (Fsp3) is 0.933. The van der Waals surface area contributed by atoms with Crippen LogP contribution in [0.1, 0.15) is 46.5 Å². The summed E-state index contributed by atoms with van der Waals surface area (Å²) < 4.78 is 5.29. The molecule has 0 aliphatic heterocycles. The highest BCUT2D eigenvalue weighted by atomic mass is 16.5. The Hall–Kier alpha value is -0.610. The molecule has 19 heavy (non-hydrogen) atoms. The largest absolute Gasteiger partial charge is 0.465 e. The second-order valence-corrected chi connectivity index (χ2v) is 5.35. The SMILES string of the molecule is CCOC(=O)C1(NC)CCCC1CCN(CC)CC. The van der Waals surface area contributed by atoms with Crippen LogP contribution in [0.25, 0.3) is 0 Å². The molecule has 112 valence electrons. The van der Waals surface area contributed by atoms with Crippen molar-refractivity contribution >= 4 is 5.97 Å². The molecule has 0 radical (unpaired) electrons. The quantitative estimate of drug-likeness (QED) is 0.685. The Balaban J connectivity index is 2.66. The molecule has 0 aromatic carbocycles. The second-order valence-electron chi connectivity index (χ2n) is 5.35. The van der Waals surface area contributed by atoms with Crippen LogP contribution >= 0.6 is 0 Å². The molecule has 1 saturated carbocycles. The van der Waals surface area contributed by atoms with Gasteiger partial charge >= 0.3 is 5.97 Å². The molecular weight excluding hydrogens is 240 g/mol. The van der Waals surface area contributed by atoms with Crippen LogP contribution < -0.4 is 5.32 Å². The van der Waals surface area contributed by atoms with E-state index in [0.717, 1.165) is 45.3 Å². The van der Waals surface area contributed by atoms with E-state index >= 15 is 0 Å². The molecule has 0 bridgehead atoms. The van der Waals surface area contributed by atoms with Gasteiger partial charge in [-0.2, -0.15) is 0 Å². The van der Waals surface area contributed by atoms with Crippen molar-refractivity contribution in [3.63, 3.8) is 0 Å². The highest BCUT2D eigenvalue weighted by molar-refractivity contribution is 5.81. The van der Waals surface area contributed by atoms with E-state index in [4.69, 9.17) is 4.74 Å². The number of carbonyl (C=O) groups is 1. The van der Waals surface area contributed by atoms with E-state index in [1.807, 2.05) is 14.0 Å². The van der Waals surface area contributed by atoms with E-state index in [0.29, 0.717) is 12.5 Å². The minimum absolute atomic E-state index is 0.0560. The summed E-state index contributed by atoms with van der Waals surface area (Å²) in [7, 11) is 1.90. The van der Waals surface area contributed by atoms with Crippen molar-refractivity contribution in [3.05, 3.63) is 0 Å². The van der Waals surface area contributed by atoms with Crippen LogP contribution in [0.3, 0.4) is 0 Å². The van der Waals surface area contributed by atoms with E-state index < -0.39 is 5.54 Å². The molecule has 2 atom stereocenters. The Morgan fingerprint density at radius 3 is 2.58 bits per heavy atom. The van der Waals surface area contributed by atoms with Gasteiger partial charge in [0.1, 0.15) is 5.54 Å². The Morgan fingerprint density at radius 1 is 1.37 bits per heavy atom. The number of likely N-dealkylation sites (N-methyl/N-ethyl adjacent to an activating group) is 1. The highest BCUT2D eigenvalue weighted by Gasteiger charge is 2.48. The molecule has 1 rings (SSSR count). The number of nitrogens with zero attached hydrogens (tertiary/aromatic N) is 1. The number of rotatable bonds is 8. The molecule has 0 aromatic heterocycles. The summed E-state index contributed by atoms with van der Waals surface area (Å²) in [5.41, 5.74) is -0.441. The molecule has 1 N–H and O–H groups in total. The topological polar surface area (TPSA) is 41.6 Å². The van der Waals surface area contributed by atoms with Gasteiger partial charge in [0.2, 0.25) is 0 Å². The summed E-state index contributed by atoms with van der Waals surface area (Å²) >= 11 is 0. The number of carbonyl (C=O) groups excluding carboxylic acids is 1. The maximum atomic E-state index is 12.3. The first-order chi connectivity index (χ1) is 9.14. The predicted molar refractivity (Wildman–Crippen MR) is 78.2 cm³/mol. The third-order valence-electron chi connectivity index (χ3n) is 4.59. The molecule has 1 aliphatic rings. The fourth-order valence-electron chi connectivity index (χ4n) is 3.31. The molecule has 2 unspecified atom stereocenters. The Kier molecular flexibility index (Phi) is 6.80. The number of hydrogen-bond donors (Lipinski definition) is 1. The fourth-order valence-corrected chi connectivity index (χ4v) is 3.31. The van der Waals surface area contributed by atoms with Crippen molar-refractivity contribution < 1.29 is 9.53 Å². The summed E-state index contributed by atoms with van der Waals surface area (Å²) in [4.78, 5) is 14.7. The van der Waals surface area contributed by atoms with Gasteiger partial charge in [0.05, 0.1) is 6.61 Å². The van der Waals surface area contributed by atoms with E-state index in [2.05, 4.69) is 24.1 Å². The molecule has 0 saturated heterocycles. The Labute approximate surface area is 117 Å². The van der Waals surface area contributed by atoms with Gasteiger partial charge in [-0.05, 0) is 58.8 Å². The first kappa shape index (κ1) is 16.4. The van der Waals surface area contributed by atoms with Crippen LogP contribution in [0, 0.1) is 5.92 Å². The van der Waals surface area contributed by atoms with Crippen LogP contribution in [0.4, 0.5) is 0 Å². The number of hydrogen-bond acceptors (Lipinski definition) is 4. The van der Waals surface area contributed by atoms with Crippen LogP contribution in [-0.2, 0) is 9.53 Å². The summed E-state index contributed by atoms with van der Waals surface area (Å²) in [5, 5.41) is 3.28. The average Bonchev–Trinajstić information content (AvgIpc) is 2.84. The van der Waals surface area contributed by atoms with Crippen molar-refractivity contribution in [1.29, 1.82) is 0 Å². The predicted octanol–water partition coefficient (Wildman–Crippen LogP) is 2.04. The molecule has 4 heteroatoms. The molecule has 0 heterocycles. The molecule has 0 spiro atoms. The first-order valence-electron chi connectivity index (χ1n) is 7.73. The first-order valence-corrected chi connectivity index (χ1v) is 7.73. The van der Waals surface area contributed by atoms with Gasteiger partial charge < -0.3 is 15.0 Å². The Bertz CT molecular complexity index is 279. The van der Waals surface area contributed by atoms with Gasteiger partial charge in [0.15, 0.2) is 0 Å². The zero-order chi connectivity index (χ0) is 14.3. The number of esters is 1. The standard InChI is InChI=1S/C15H30N2O2/c1-5-17(6-2)12-10-13-9-8-11-15(13,16-4)14(18)19-7-3/h13,16H,5-12H2,1-4H3. The minimum atomic E-state index is -0.441. The van der Waals surface area contributed by atoms with E-state index in [1.165, 1.54) is 0 Å². The van der Waals surface area contributed by atoms with Gasteiger partial charge in [-0.15, -0.1) is 0 Å². The smallest absolute Gasteiger partial charge is 0.326 e. The van der Waals surface area contributed by atoms with Crippen LogP contribution in [0.15, 0.2) is 0 Å². The van der Waals surface area contributed by atoms with E-state index in [9.17, 15) is 4.79 Å². The van der Waals surface area contributed by atoms with Crippen molar-refractivity contribution in [3.8, 4) is 0 Å². The molecule has 4 nitrogen and oxygen atoms in total. The maximum absolute atomic E-state index is 12.3. The third-order valence-corrected chi connectivity index (χ3v) is 4.59. The van der Waals surface area contributed by atoms with Crippen LogP contribution in [0.5, 0.6) is 0 Å². The third kappa shape index (κ3) is 3.69. The lowest BCUT2D eigenvalue weighted by Gasteiger charge is -2.34. The lowest BCUT2D eigenvalue weighted by molar-refractivity contribution is -0.153. The summed E-state index contributed by atoms with van der Waals surface area (Å²) in [6.45, 7) is 9.95. The van der Waals surface area contributed by atoms with Gasteiger partial charge in [-0.25, -0.2) is 0 Å². The van der Waals surface area contributed by atoms with Crippen molar-refractivity contribution in [1.82, 2.24) is 10.2 Å². The highest BCUT2D eigenvalue weighted by Crippen LogP contribution is 2.38. The van der Waals surface area contributed by atoms with Gasteiger partial charge in [-0.3, -0.25) is 4.79 Å². The summed E-state index contributed by atoms with van der Waals surface area (Å²) in [6, 6.07) is 0. The lowest BCUT2D eigenvalue weighted by Crippen LogP contribution is -2.54.